The van der Waals surface area contributed by atoms with E-state index in [0.717, 1.165) is 16.9 Å². The summed E-state index contributed by atoms with van der Waals surface area (Å²) in [5.74, 6) is 0.299. The zero-order valence-corrected chi connectivity index (χ0v) is 15.7. The van der Waals surface area contributed by atoms with Crippen molar-refractivity contribution in [3.63, 3.8) is 0 Å². The summed E-state index contributed by atoms with van der Waals surface area (Å²) in [5, 5.41) is 5.34. The molecular weight excluding hydrogens is 374 g/mol. The van der Waals surface area contributed by atoms with Gasteiger partial charge >= 0.3 is 6.03 Å². The summed E-state index contributed by atoms with van der Waals surface area (Å²) in [5.41, 5.74) is 1.44. The van der Waals surface area contributed by atoms with Gasteiger partial charge in [0, 0.05) is 24.6 Å². The van der Waals surface area contributed by atoms with E-state index in [1.54, 1.807) is 18.2 Å². The Morgan fingerprint density at radius 1 is 1.07 bits per heavy atom. The molecule has 4 rings (SSSR count). The number of carbonyl (C=O) groups excluding carboxylic acids is 3. The van der Waals surface area contributed by atoms with E-state index < -0.39 is 23.9 Å². The van der Waals surface area contributed by atoms with Crippen molar-refractivity contribution in [2.45, 2.75) is 18.9 Å². The number of imide groups is 1. The molecule has 1 atom stereocenters. The Morgan fingerprint density at radius 3 is 2.62 bits per heavy atom. The second kappa shape index (κ2) is 8.22. The molecule has 0 aliphatic carbocycles. The van der Waals surface area contributed by atoms with Crippen LogP contribution in [0.1, 0.15) is 12.0 Å². The van der Waals surface area contributed by atoms with Crippen molar-refractivity contribution in [3.8, 4) is 11.5 Å². The molecule has 0 unspecified atom stereocenters. The van der Waals surface area contributed by atoms with Crippen LogP contribution in [0.3, 0.4) is 0 Å². The summed E-state index contributed by atoms with van der Waals surface area (Å²) in [6, 6.07) is 13.2. The molecule has 4 amide bonds. The van der Waals surface area contributed by atoms with Gasteiger partial charge in [0.05, 0.1) is 13.2 Å². The van der Waals surface area contributed by atoms with Crippen molar-refractivity contribution >= 4 is 23.5 Å². The number of nitrogens with zero attached hydrogens (tertiary/aromatic N) is 1. The number of fused-ring (bicyclic) bond motifs is 1. The maximum absolute atomic E-state index is 12.6. The molecule has 0 aromatic heterocycles. The molecule has 2 aromatic rings. The molecule has 8 heteroatoms. The van der Waals surface area contributed by atoms with Gasteiger partial charge < -0.3 is 20.1 Å². The van der Waals surface area contributed by atoms with Crippen LogP contribution in [0.5, 0.6) is 11.5 Å². The fourth-order valence-corrected chi connectivity index (χ4v) is 3.30. The molecule has 2 aromatic carbocycles. The van der Waals surface area contributed by atoms with E-state index in [1.165, 1.54) is 0 Å². The number of hydrogen-bond donors (Lipinski definition) is 2. The lowest BCUT2D eigenvalue weighted by molar-refractivity contribution is -0.130. The maximum Gasteiger partial charge on any atom is 0.325 e. The second-order valence-electron chi connectivity index (χ2n) is 6.88. The van der Waals surface area contributed by atoms with Gasteiger partial charge in [-0.25, -0.2) is 4.79 Å². The molecule has 1 saturated heterocycles. The molecule has 1 fully saturated rings. The predicted molar refractivity (Wildman–Crippen MR) is 105 cm³/mol. The van der Waals surface area contributed by atoms with Crippen LogP contribution in [0.4, 0.5) is 10.5 Å². The van der Waals surface area contributed by atoms with E-state index in [9.17, 15) is 14.4 Å². The Balaban J connectivity index is 1.37. The minimum atomic E-state index is -0.671. The Morgan fingerprint density at radius 2 is 1.83 bits per heavy atom. The van der Waals surface area contributed by atoms with Gasteiger partial charge in [-0.05, 0) is 17.7 Å². The number of benzene rings is 2. The molecule has 8 nitrogen and oxygen atoms in total. The number of anilines is 1. The lowest BCUT2D eigenvalue weighted by Gasteiger charge is -2.14. The highest BCUT2D eigenvalue weighted by atomic mass is 16.5. The van der Waals surface area contributed by atoms with Crippen LogP contribution in [-0.4, -0.2) is 48.5 Å². The third-order valence-electron chi connectivity index (χ3n) is 4.72. The zero-order valence-electron chi connectivity index (χ0n) is 15.7. The first-order chi connectivity index (χ1) is 14.1. The second-order valence-corrected chi connectivity index (χ2v) is 6.88. The molecule has 0 radical (unpaired) electrons. The molecular formula is C21H21N3O5. The Bertz CT molecular complexity index is 931. The molecule has 2 aliphatic rings. The lowest BCUT2D eigenvalue weighted by Crippen LogP contribution is -2.38. The van der Waals surface area contributed by atoms with Crippen molar-refractivity contribution in [2.75, 3.05) is 25.1 Å². The minimum Gasteiger partial charge on any atom is -0.490 e. The van der Waals surface area contributed by atoms with Gasteiger partial charge in [-0.2, -0.15) is 0 Å². The van der Waals surface area contributed by atoms with Crippen molar-refractivity contribution in [3.05, 3.63) is 54.1 Å². The van der Waals surface area contributed by atoms with E-state index >= 15 is 0 Å². The highest BCUT2D eigenvalue weighted by Crippen LogP contribution is 2.32. The van der Waals surface area contributed by atoms with Gasteiger partial charge in [0.1, 0.15) is 12.6 Å². The molecule has 2 aliphatic heterocycles. The summed E-state index contributed by atoms with van der Waals surface area (Å²) in [6.45, 7) is 0.759. The molecule has 0 saturated carbocycles. The van der Waals surface area contributed by atoms with Crippen LogP contribution < -0.4 is 20.1 Å². The first kappa shape index (κ1) is 18.8. The Hall–Kier alpha value is -3.55. The first-order valence-electron chi connectivity index (χ1n) is 9.45. The van der Waals surface area contributed by atoms with E-state index in [2.05, 4.69) is 10.6 Å². The molecule has 2 N–H and O–H groups in total. The predicted octanol–water partition coefficient (Wildman–Crippen LogP) is 1.95. The first-order valence-corrected chi connectivity index (χ1v) is 9.45. The fourth-order valence-electron chi connectivity index (χ4n) is 3.30. The number of rotatable bonds is 5. The topological polar surface area (TPSA) is 97.0 Å². The van der Waals surface area contributed by atoms with Crippen LogP contribution in [0.2, 0.25) is 0 Å². The largest absolute Gasteiger partial charge is 0.490 e. The average Bonchev–Trinajstić information content (AvgIpc) is 2.89. The summed E-state index contributed by atoms with van der Waals surface area (Å²) >= 11 is 0. The number of carbonyl (C=O) groups is 3. The van der Waals surface area contributed by atoms with Crippen LogP contribution in [-0.2, 0) is 16.0 Å². The molecule has 150 valence electrons. The Kier molecular flexibility index (Phi) is 5.33. The van der Waals surface area contributed by atoms with Crippen molar-refractivity contribution in [2.24, 2.45) is 0 Å². The van der Waals surface area contributed by atoms with E-state index in [-0.39, 0.29) is 6.54 Å². The SMILES string of the molecule is O=C(CN1C(=O)N[C@H](Cc2ccccc2)C1=O)Nc1ccc2c(c1)OCCCO2. The van der Waals surface area contributed by atoms with Gasteiger partial charge in [0.25, 0.3) is 5.91 Å². The van der Waals surface area contributed by atoms with Gasteiger partial charge in [-0.1, -0.05) is 30.3 Å². The van der Waals surface area contributed by atoms with E-state index in [1.807, 2.05) is 30.3 Å². The number of hydrogen-bond acceptors (Lipinski definition) is 5. The monoisotopic (exact) mass is 395 g/mol. The van der Waals surface area contributed by atoms with Crippen molar-refractivity contribution < 1.29 is 23.9 Å². The summed E-state index contributed by atoms with van der Waals surface area (Å²) < 4.78 is 11.2. The number of urea groups is 1. The van der Waals surface area contributed by atoms with Gasteiger partial charge in [-0.3, -0.25) is 14.5 Å². The number of nitrogens with one attached hydrogen (secondary N) is 2. The number of amides is 4. The van der Waals surface area contributed by atoms with Crippen LogP contribution in [0, 0.1) is 0 Å². The molecule has 0 spiro atoms. The normalized spacial score (nSPS) is 18.2. The Labute approximate surface area is 167 Å². The highest BCUT2D eigenvalue weighted by Gasteiger charge is 2.38. The van der Waals surface area contributed by atoms with Crippen LogP contribution in [0.15, 0.2) is 48.5 Å². The molecule has 0 bridgehead atoms. The number of ether oxygens (including phenoxy) is 2. The lowest BCUT2D eigenvalue weighted by atomic mass is 10.1. The van der Waals surface area contributed by atoms with Gasteiger partial charge in [0.2, 0.25) is 5.91 Å². The van der Waals surface area contributed by atoms with E-state index in [0.29, 0.717) is 36.8 Å². The summed E-state index contributed by atoms with van der Waals surface area (Å²) in [4.78, 5) is 38.1. The molecule has 2 heterocycles. The quantitative estimate of drug-likeness (QED) is 0.755. The third kappa shape index (κ3) is 4.31. The minimum absolute atomic E-state index is 0.357. The smallest absolute Gasteiger partial charge is 0.325 e. The standard InChI is InChI=1S/C21H21N3O5/c25-19(22-15-7-8-17-18(12-15)29-10-4-9-28-17)13-24-20(26)16(23-21(24)27)11-14-5-2-1-3-6-14/h1-3,5-8,12,16H,4,9-11,13H2,(H,22,25)(H,23,27)/t16-/m1/s1. The van der Waals surface area contributed by atoms with Crippen molar-refractivity contribution in [1.82, 2.24) is 10.2 Å². The van der Waals surface area contributed by atoms with Crippen LogP contribution >= 0.6 is 0 Å². The van der Waals surface area contributed by atoms with Gasteiger partial charge in [0.15, 0.2) is 11.5 Å². The summed E-state index contributed by atoms with van der Waals surface area (Å²) in [7, 11) is 0. The van der Waals surface area contributed by atoms with E-state index in [4.69, 9.17) is 9.47 Å². The summed E-state index contributed by atoms with van der Waals surface area (Å²) in [6.07, 6.45) is 1.17. The maximum atomic E-state index is 12.6. The van der Waals surface area contributed by atoms with Gasteiger partial charge in [-0.15, -0.1) is 0 Å². The highest BCUT2D eigenvalue weighted by molar-refractivity contribution is 6.08. The molecule has 29 heavy (non-hydrogen) atoms. The third-order valence-corrected chi connectivity index (χ3v) is 4.72. The van der Waals surface area contributed by atoms with Crippen LogP contribution in [0.25, 0.3) is 0 Å². The fraction of sp³-hybridized carbons (Fsp3) is 0.286. The zero-order chi connectivity index (χ0) is 20.2. The average molecular weight is 395 g/mol. The van der Waals surface area contributed by atoms with Crippen molar-refractivity contribution in [1.29, 1.82) is 0 Å².